The molecule has 0 saturated heterocycles. The van der Waals surface area contributed by atoms with Crippen molar-refractivity contribution in [1.29, 1.82) is 0 Å². The van der Waals surface area contributed by atoms with Gasteiger partial charge in [0.15, 0.2) is 11.5 Å². The smallest absolute Gasteiger partial charge is 0.296 e. The minimum absolute atomic E-state index is 0.135. The van der Waals surface area contributed by atoms with Crippen LogP contribution in [0, 0.1) is 0 Å². The number of nitrogens with two attached hydrogens (primary N) is 2. The van der Waals surface area contributed by atoms with Gasteiger partial charge in [0.25, 0.3) is 30.4 Å². The molecule has 0 amide bonds. The van der Waals surface area contributed by atoms with Crippen LogP contribution in [-0.2, 0) is 39.7 Å². The predicted octanol–water partition coefficient (Wildman–Crippen LogP) is 7.25. The molecule has 314 valence electrons. The lowest BCUT2D eigenvalue weighted by Crippen LogP contribution is -2.08. The van der Waals surface area contributed by atoms with E-state index in [-0.39, 0.29) is 61.0 Å². The highest BCUT2D eigenvalue weighted by molar-refractivity contribution is 7.94. The van der Waals surface area contributed by atoms with Crippen LogP contribution in [0.2, 0.25) is 0 Å². The van der Waals surface area contributed by atoms with Gasteiger partial charge in [-0.25, -0.2) is 5.26 Å². The van der Waals surface area contributed by atoms with E-state index in [0.717, 1.165) is 18.2 Å². The summed E-state index contributed by atoms with van der Waals surface area (Å²) >= 11 is 0.300. The Kier molecular flexibility index (Phi) is 11.9. The quantitative estimate of drug-likeness (QED) is 0.0141. The van der Waals surface area contributed by atoms with E-state index in [1.54, 1.807) is 24.3 Å². The number of anilines is 2. The second-order valence-electron chi connectivity index (χ2n) is 12.1. The van der Waals surface area contributed by atoms with E-state index in [0.29, 0.717) is 29.2 Å². The zero-order valence-electron chi connectivity index (χ0n) is 30.3. The van der Waals surface area contributed by atoms with Crippen LogP contribution in [0.4, 0.5) is 34.1 Å². The Morgan fingerprint density at radius 2 is 0.950 bits per heavy atom. The molecule has 0 radical (unpaired) electrons. The van der Waals surface area contributed by atoms with E-state index in [9.17, 15) is 49.1 Å². The van der Waals surface area contributed by atoms with E-state index >= 15 is 0 Å². The standard InChI is InChI=1S/C34H28N6O16S4/c1-53-23-11-15(3-7-19(23)37-39-21-9-5-17-26(58(44,45)46)13-25(57-56-55-43)31(35)29(17)33(21)41)16-4-8-20(24(12-16)54-2)38-40-22-10-6-18-27(59(47,48)49)14-28(60(50,51)52)32(36)30(18)34(22)42/h3-14,41-43H,35-36H2,1-2H3,(H,44,45,46)(H,47,48,49)(H,50,51,52). The van der Waals surface area contributed by atoms with E-state index in [1.165, 1.54) is 38.5 Å². The van der Waals surface area contributed by atoms with Crippen molar-refractivity contribution in [2.24, 2.45) is 20.5 Å². The van der Waals surface area contributed by atoms with Crippen LogP contribution in [0.25, 0.3) is 32.7 Å². The predicted molar refractivity (Wildman–Crippen MR) is 213 cm³/mol. The van der Waals surface area contributed by atoms with Gasteiger partial charge in [-0.2, -0.15) is 25.3 Å². The summed E-state index contributed by atoms with van der Waals surface area (Å²) in [5.41, 5.74) is 12.1. The van der Waals surface area contributed by atoms with E-state index in [1.807, 2.05) is 0 Å². The summed E-state index contributed by atoms with van der Waals surface area (Å²) < 4.78 is 117. The average molecular weight is 905 g/mol. The number of hydrogen-bond donors (Lipinski definition) is 8. The summed E-state index contributed by atoms with van der Waals surface area (Å²) in [6, 6.07) is 15.6. The first kappa shape index (κ1) is 43.4. The second-order valence-corrected chi connectivity index (χ2v) is 17.0. The van der Waals surface area contributed by atoms with E-state index in [4.69, 9.17) is 26.2 Å². The molecule has 0 fully saturated rings. The van der Waals surface area contributed by atoms with Crippen molar-refractivity contribution < 1.29 is 73.2 Å². The molecule has 0 atom stereocenters. The molecule has 6 rings (SSSR count). The first-order valence-electron chi connectivity index (χ1n) is 16.1. The summed E-state index contributed by atoms with van der Waals surface area (Å²) in [4.78, 5) is -2.81. The molecule has 0 unspecified atom stereocenters. The van der Waals surface area contributed by atoms with Gasteiger partial charge in [-0.05, 0) is 59.7 Å². The number of benzene rings is 6. The molecule has 0 heterocycles. The van der Waals surface area contributed by atoms with Gasteiger partial charge in [0.2, 0.25) is 0 Å². The molecule has 0 spiro atoms. The molecule has 0 aliphatic rings. The maximum atomic E-state index is 12.1. The maximum Gasteiger partial charge on any atom is 0.296 e. The van der Waals surface area contributed by atoms with Crippen molar-refractivity contribution in [3.8, 4) is 34.1 Å². The monoisotopic (exact) mass is 904 g/mol. The second kappa shape index (κ2) is 16.5. The van der Waals surface area contributed by atoms with Crippen LogP contribution in [0.3, 0.4) is 0 Å². The molecule has 0 aromatic heterocycles. The SMILES string of the molecule is COc1cc(-c2ccc(N=Nc3ccc4c(S(=O)(=O)O)cc(S(=O)(=O)O)c(N)c4c3O)c(OC)c2)ccc1N=Nc1ccc2c(S(=O)(=O)O)cc(SOOO)c(N)c2c1O. The fraction of sp³-hybridized carbons (Fsp3) is 0.0588. The zero-order chi connectivity index (χ0) is 43.9. The Hall–Kier alpha value is -6.20. The van der Waals surface area contributed by atoms with Gasteiger partial charge >= 0.3 is 0 Å². The molecule has 0 aliphatic carbocycles. The number of ether oxygens (including phenoxy) is 2. The van der Waals surface area contributed by atoms with Gasteiger partial charge in [0.1, 0.15) is 48.9 Å². The van der Waals surface area contributed by atoms with Gasteiger partial charge in [0, 0.05) is 10.8 Å². The van der Waals surface area contributed by atoms with Crippen molar-refractivity contribution >= 4 is 98.1 Å². The van der Waals surface area contributed by atoms with E-state index in [2.05, 4.69) is 29.8 Å². The highest BCUT2D eigenvalue weighted by atomic mass is 32.2. The van der Waals surface area contributed by atoms with Crippen LogP contribution >= 0.6 is 12.0 Å². The van der Waals surface area contributed by atoms with Crippen LogP contribution < -0.4 is 20.9 Å². The molecule has 22 nitrogen and oxygen atoms in total. The third kappa shape index (κ3) is 8.45. The average Bonchev–Trinajstić information content (AvgIpc) is 3.18. The minimum Gasteiger partial charge on any atom is -0.505 e. The summed E-state index contributed by atoms with van der Waals surface area (Å²) in [7, 11) is -12.3. The molecule has 0 bridgehead atoms. The summed E-state index contributed by atoms with van der Waals surface area (Å²) in [5.74, 6) is -1.03. The zero-order valence-corrected chi connectivity index (χ0v) is 33.5. The lowest BCUT2D eigenvalue weighted by Gasteiger charge is -2.13. The lowest BCUT2D eigenvalue weighted by molar-refractivity contribution is -0.432. The molecule has 0 saturated carbocycles. The van der Waals surface area contributed by atoms with Crippen LogP contribution in [0.15, 0.2) is 113 Å². The number of fused-ring (bicyclic) bond motifs is 2. The van der Waals surface area contributed by atoms with Crippen molar-refractivity contribution in [3.05, 3.63) is 72.8 Å². The van der Waals surface area contributed by atoms with Crippen molar-refractivity contribution in [2.45, 2.75) is 19.6 Å². The van der Waals surface area contributed by atoms with Crippen molar-refractivity contribution in [3.63, 3.8) is 0 Å². The Morgan fingerprint density at radius 1 is 0.550 bits per heavy atom. The van der Waals surface area contributed by atoms with Crippen molar-refractivity contribution in [1.82, 2.24) is 0 Å². The number of aromatic hydroxyl groups is 2. The third-order valence-electron chi connectivity index (χ3n) is 8.65. The Balaban J connectivity index is 1.32. The Bertz CT molecular complexity index is 3150. The van der Waals surface area contributed by atoms with Gasteiger partial charge in [-0.15, -0.1) is 24.8 Å². The number of azo groups is 2. The van der Waals surface area contributed by atoms with Gasteiger partial charge < -0.3 is 31.2 Å². The fourth-order valence-corrected chi connectivity index (χ4v) is 8.62. The molecule has 10 N–H and O–H groups in total. The van der Waals surface area contributed by atoms with Gasteiger partial charge in [-0.3, -0.25) is 13.7 Å². The first-order chi connectivity index (χ1) is 28.2. The highest BCUT2D eigenvalue weighted by Crippen LogP contribution is 2.47. The van der Waals surface area contributed by atoms with Gasteiger partial charge in [0.05, 0.1) is 53.3 Å². The lowest BCUT2D eigenvalue weighted by atomic mass is 10.0. The van der Waals surface area contributed by atoms with Crippen LogP contribution in [0.5, 0.6) is 23.0 Å². The minimum atomic E-state index is -5.12. The van der Waals surface area contributed by atoms with Crippen molar-refractivity contribution in [2.75, 3.05) is 25.7 Å². The number of nitrogens with zero attached hydrogens (tertiary/aromatic N) is 4. The molecular weight excluding hydrogens is 877 g/mol. The topological polar surface area (TPSA) is 362 Å². The molecule has 26 heteroatoms. The number of phenols is 2. The number of rotatable bonds is 13. The third-order valence-corrected chi connectivity index (χ3v) is 12.0. The normalized spacial score (nSPS) is 12.6. The molecule has 0 aliphatic heterocycles. The van der Waals surface area contributed by atoms with Crippen LogP contribution in [-0.4, -0.2) is 68.6 Å². The largest absolute Gasteiger partial charge is 0.505 e. The molecule has 6 aromatic rings. The molecular formula is C34H28N6O16S4. The summed E-state index contributed by atoms with van der Waals surface area (Å²) in [5, 5.41) is 49.3. The number of methoxy groups -OCH3 is 2. The maximum absolute atomic E-state index is 12.1. The molecule has 60 heavy (non-hydrogen) atoms. The fourth-order valence-electron chi connectivity index (χ4n) is 5.93. The Morgan fingerprint density at radius 3 is 1.37 bits per heavy atom. The number of phenolic OH excluding ortho intramolecular Hbond substituents is 2. The van der Waals surface area contributed by atoms with Crippen LogP contribution in [0.1, 0.15) is 0 Å². The summed E-state index contributed by atoms with van der Waals surface area (Å²) in [6.07, 6.45) is 0. The Labute approximate surface area is 342 Å². The van der Waals surface area contributed by atoms with E-state index < -0.39 is 67.6 Å². The highest BCUT2D eigenvalue weighted by Gasteiger charge is 2.27. The summed E-state index contributed by atoms with van der Waals surface area (Å²) in [6.45, 7) is 0. The molecule has 6 aromatic carbocycles. The number of hydrogen-bond acceptors (Lipinski definition) is 20. The number of nitrogen functional groups attached to an aromatic ring is 2. The first-order valence-corrected chi connectivity index (χ1v) is 21.2. The van der Waals surface area contributed by atoms with Gasteiger partial charge in [-0.1, -0.05) is 29.3 Å².